The third-order valence-electron chi connectivity index (χ3n) is 8.44. The van der Waals surface area contributed by atoms with Gasteiger partial charge < -0.3 is 4.40 Å². The third kappa shape index (κ3) is 2.56. The van der Waals surface area contributed by atoms with Crippen LogP contribution >= 0.6 is 0 Å². The lowest BCUT2D eigenvalue weighted by molar-refractivity contribution is -0.643. The molecule has 0 aliphatic carbocycles. The van der Waals surface area contributed by atoms with Crippen molar-refractivity contribution in [3.63, 3.8) is 0 Å². The summed E-state index contributed by atoms with van der Waals surface area (Å²) in [5, 5.41) is 7.68. The SMILES string of the molecule is CC[Si](CC)(CC)c1cc2cc[n+](C)c3c4c(C)ccc5c6ccc(F)cc6n(c(c1)c23)c54. The Morgan fingerprint density at radius 2 is 1.58 bits per heavy atom. The van der Waals surface area contributed by atoms with E-state index in [1.165, 1.54) is 67.0 Å². The maximum atomic E-state index is 14.6. The van der Waals surface area contributed by atoms with Crippen molar-refractivity contribution >= 4 is 62.3 Å². The Kier molecular flexibility index (Phi) is 4.38. The highest BCUT2D eigenvalue weighted by molar-refractivity contribution is 6.92. The Balaban J connectivity index is 1.99. The van der Waals surface area contributed by atoms with E-state index in [-0.39, 0.29) is 5.82 Å². The monoisotopic (exact) mass is 453 g/mol. The van der Waals surface area contributed by atoms with Gasteiger partial charge in [0.1, 0.15) is 12.9 Å². The molecule has 0 aliphatic rings. The zero-order chi connectivity index (χ0) is 23.1. The summed E-state index contributed by atoms with van der Waals surface area (Å²) < 4.78 is 19.2. The van der Waals surface area contributed by atoms with Crippen LogP contribution < -0.4 is 9.75 Å². The lowest BCUT2D eigenvalue weighted by Crippen LogP contribution is -2.45. The van der Waals surface area contributed by atoms with Crippen molar-refractivity contribution in [3.8, 4) is 0 Å². The largest absolute Gasteiger partial charge is 0.307 e. The molecule has 3 aromatic heterocycles. The quantitative estimate of drug-likeness (QED) is 0.118. The second-order valence-corrected chi connectivity index (χ2v) is 15.0. The first-order valence-corrected chi connectivity index (χ1v) is 14.8. The highest BCUT2D eigenvalue weighted by Crippen LogP contribution is 2.40. The molecule has 6 aromatic rings. The Hall–Kier alpha value is -2.98. The number of hydrogen-bond donors (Lipinski definition) is 0. The number of fused-ring (bicyclic) bond motifs is 5. The minimum Gasteiger partial charge on any atom is -0.307 e. The van der Waals surface area contributed by atoms with Crippen LogP contribution in [-0.4, -0.2) is 12.5 Å². The van der Waals surface area contributed by atoms with E-state index in [1.807, 2.05) is 6.07 Å². The normalized spacial score (nSPS) is 12.9. The predicted octanol–water partition coefficient (Wildman–Crippen LogP) is 6.98. The van der Waals surface area contributed by atoms with Crippen molar-refractivity contribution in [2.75, 3.05) is 0 Å². The fourth-order valence-electron chi connectivity index (χ4n) is 6.36. The van der Waals surface area contributed by atoms with Gasteiger partial charge in [0.15, 0.2) is 6.20 Å². The van der Waals surface area contributed by atoms with Gasteiger partial charge in [0, 0.05) is 16.8 Å². The maximum absolute atomic E-state index is 14.6. The summed E-state index contributed by atoms with van der Waals surface area (Å²) in [6.45, 7) is 9.28. The van der Waals surface area contributed by atoms with E-state index < -0.39 is 8.07 Å². The smallest absolute Gasteiger partial charge is 0.224 e. The summed E-state index contributed by atoms with van der Waals surface area (Å²) in [7, 11) is 0.542. The van der Waals surface area contributed by atoms with Gasteiger partial charge in [-0.3, -0.25) is 0 Å². The molecule has 0 bridgehead atoms. The molecule has 33 heavy (non-hydrogen) atoms. The van der Waals surface area contributed by atoms with Crippen LogP contribution in [0.25, 0.3) is 49.0 Å². The van der Waals surface area contributed by atoms with Crippen LogP contribution in [0, 0.1) is 12.7 Å². The van der Waals surface area contributed by atoms with Crippen molar-refractivity contribution in [2.24, 2.45) is 7.05 Å². The predicted molar refractivity (Wildman–Crippen MR) is 141 cm³/mol. The van der Waals surface area contributed by atoms with E-state index >= 15 is 0 Å². The fourth-order valence-corrected chi connectivity index (χ4v) is 9.99. The first-order chi connectivity index (χ1) is 15.9. The lowest BCUT2D eigenvalue weighted by Gasteiger charge is -2.29. The Labute approximate surface area is 194 Å². The first-order valence-electron chi connectivity index (χ1n) is 12.1. The van der Waals surface area contributed by atoms with Crippen LogP contribution in [-0.2, 0) is 7.05 Å². The molecule has 3 heterocycles. The molecule has 0 radical (unpaired) electrons. The van der Waals surface area contributed by atoms with Gasteiger partial charge in [-0.15, -0.1) is 0 Å². The van der Waals surface area contributed by atoms with Crippen LogP contribution in [0.4, 0.5) is 4.39 Å². The van der Waals surface area contributed by atoms with Crippen molar-refractivity contribution in [3.05, 3.63) is 66.1 Å². The number of aromatic nitrogens is 2. The van der Waals surface area contributed by atoms with E-state index in [0.29, 0.717) is 0 Å². The fraction of sp³-hybridized carbons (Fsp3) is 0.276. The van der Waals surface area contributed by atoms with E-state index in [0.717, 1.165) is 10.9 Å². The molecule has 3 aromatic carbocycles. The molecule has 0 atom stereocenters. The third-order valence-corrected chi connectivity index (χ3v) is 14.0. The van der Waals surface area contributed by atoms with Gasteiger partial charge in [-0.1, -0.05) is 62.3 Å². The average molecular weight is 454 g/mol. The second kappa shape index (κ2) is 7.01. The van der Waals surface area contributed by atoms with Crippen LogP contribution in [0.2, 0.25) is 18.1 Å². The van der Waals surface area contributed by atoms with Gasteiger partial charge in [-0.25, -0.2) is 8.96 Å². The molecule has 4 heteroatoms. The molecular formula is C29H30FN2Si+. The molecule has 0 amide bonds. The molecule has 0 aliphatic heterocycles. The zero-order valence-electron chi connectivity index (χ0n) is 20.1. The number of rotatable bonds is 4. The first kappa shape index (κ1) is 20.6. The molecule has 2 nitrogen and oxygen atoms in total. The number of hydrogen-bond acceptors (Lipinski definition) is 0. The summed E-state index contributed by atoms with van der Waals surface area (Å²) in [5.74, 6) is -0.184. The number of halogens is 1. The van der Waals surface area contributed by atoms with Gasteiger partial charge in [0.05, 0.1) is 35.4 Å². The molecule has 0 fully saturated rings. The van der Waals surface area contributed by atoms with Crippen LogP contribution in [0.5, 0.6) is 0 Å². The molecule has 6 rings (SSSR count). The van der Waals surface area contributed by atoms with Gasteiger partial charge in [-0.05, 0) is 42.1 Å². The summed E-state index contributed by atoms with van der Waals surface area (Å²) in [5.41, 5.74) is 5.91. The number of benzene rings is 3. The summed E-state index contributed by atoms with van der Waals surface area (Å²) in [4.78, 5) is 0. The van der Waals surface area contributed by atoms with Crippen molar-refractivity contribution < 1.29 is 8.96 Å². The highest BCUT2D eigenvalue weighted by Gasteiger charge is 2.31. The molecule has 0 saturated carbocycles. The van der Waals surface area contributed by atoms with Crippen molar-refractivity contribution in [1.29, 1.82) is 0 Å². The van der Waals surface area contributed by atoms with Gasteiger partial charge in [0.2, 0.25) is 5.52 Å². The molecule has 166 valence electrons. The van der Waals surface area contributed by atoms with Gasteiger partial charge in [-0.2, -0.15) is 0 Å². The zero-order valence-corrected chi connectivity index (χ0v) is 21.1. The standard InChI is InChI=1S/C29H30FN2Si/c1-6-33(7-2,8-3)21-15-19-13-14-31(5)29-26-18(4)9-11-23-22-12-10-20(30)16-24(22)32(28(23)26)25(17-21)27(19)29/h9-17H,6-8H2,1-5H3/q+1. The van der Waals surface area contributed by atoms with Crippen molar-refractivity contribution in [1.82, 2.24) is 4.40 Å². The van der Waals surface area contributed by atoms with E-state index in [1.54, 1.807) is 12.1 Å². The Bertz CT molecular complexity index is 1700. The summed E-state index contributed by atoms with van der Waals surface area (Å²) >= 11 is 0. The van der Waals surface area contributed by atoms with E-state index in [4.69, 9.17) is 0 Å². The van der Waals surface area contributed by atoms with Crippen molar-refractivity contribution in [2.45, 2.75) is 45.8 Å². The molecular weight excluding hydrogens is 423 g/mol. The average Bonchev–Trinajstić information content (AvgIpc) is 3.15. The highest BCUT2D eigenvalue weighted by atomic mass is 28.3. The Morgan fingerprint density at radius 1 is 0.848 bits per heavy atom. The summed E-state index contributed by atoms with van der Waals surface area (Å²) in [6.07, 6.45) is 2.20. The number of pyridine rings is 2. The van der Waals surface area contributed by atoms with Crippen LogP contribution in [0.3, 0.4) is 0 Å². The molecule has 0 spiro atoms. The maximum Gasteiger partial charge on any atom is 0.224 e. The second-order valence-electron chi connectivity index (χ2n) is 9.73. The van der Waals surface area contributed by atoms with Gasteiger partial charge >= 0.3 is 0 Å². The molecule has 0 N–H and O–H groups in total. The van der Waals surface area contributed by atoms with E-state index in [2.05, 4.69) is 80.2 Å². The number of nitrogens with zero attached hydrogens (tertiary/aromatic N) is 2. The minimum absolute atomic E-state index is 0.184. The lowest BCUT2D eigenvalue weighted by atomic mass is 10.00. The molecule has 0 unspecified atom stereocenters. The number of aryl methyl sites for hydroxylation is 2. The minimum atomic E-state index is -1.60. The summed E-state index contributed by atoms with van der Waals surface area (Å²) in [6, 6.07) is 20.6. The van der Waals surface area contributed by atoms with Crippen LogP contribution in [0.1, 0.15) is 26.3 Å². The van der Waals surface area contributed by atoms with Gasteiger partial charge in [0.25, 0.3) is 0 Å². The topological polar surface area (TPSA) is 8.29 Å². The van der Waals surface area contributed by atoms with E-state index in [9.17, 15) is 4.39 Å². The van der Waals surface area contributed by atoms with Crippen LogP contribution in [0.15, 0.2) is 54.7 Å². The Morgan fingerprint density at radius 3 is 2.30 bits per heavy atom. The molecule has 0 saturated heterocycles.